The van der Waals surface area contributed by atoms with E-state index in [9.17, 15) is 4.79 Å². The van der Waals surface area contributed by atoms with Crippen molar-refractivity contribution in [3.63, 3.8) is 0 Å². The molecule has 2 bridgehead atoms. The number of fused-ring (bicyclic) bond motifs is 3. The number of ether oxygens (including phenoxy) is 1. The molecule has 0 radical (unpaired) electrons. The molecule has 2 aliphatic heterocycles. The number of hydrogen-bond donors (Lipinski definition) is 0. The SMILES string of the molecule is CN1C2COCC1CC(C(=O)c1cccc3c1CC=C3)C2. The van der Waals surface area contributed by atoms with E-state index in [0.717, 1.165) is 38.0 Å². The lowest BCUT2D eigenvalue weighted by Crippen LogP contribution is -2.55. The number of allylic oxidation sites excluding steroid dienone is 1. The third-order valence-corrected chi connectivity index (χ3v) is 5.35. The van der Waals surface area contributed by atoms with Gasteiger partial charge in [-0.1, -0.05) is 30.4 Å². The molecule has 1 aromatic carbocycles. The summed E-state index contributed by atoms with van der Waals surface area (Å²) in [5.74, 6) is 0.507. The molecule has 2 unspecified atom stereocenters. The van der Waals surface area contributed by atoms with Crippen LogP contribution in [0, 0.1) is 5.92 Å². The third kappa shape index (κ3) is 2.16. The predicted molar refractivity (Wildman–Crippen MR) is 82.4 cm³/mol. The number of nitrogens with zero attached hydrogens (tertiary/aromatic N) is 1. The van der Waals surface area contributed by atoms with Crippen LogP contribution >= 0.6 is 0 Å². The van der Waals surface area contributed by atoms with Gasteiger partial charge in [-0.3, -0.25) is 9.69 Å². The Morgan fingerprint density at radius 2 is 2.00 bits per heavy atom. The van der Waals surface area contributed by atoms with Crippen molar-refractivity contribution >= 4 is 11.9 Å². The van der Waals surface area contributed by atoms with Crippen LogP contribution in [0.4, 0.5) is 0 Å². The molecule has 2 fully saturated rings. The number of hydrogen-bond acceptors (Lipinski definition) is 3. The van der Waals surface area contributed by atoms with Crippen molar-refractivity contribution < 1.29 is 9.53 Å². The maximum absolute atomic E-state index is 13.0. The lowest BCUT2D eigenvalue weighted by atomic mass is 9.80. The van der Waals surface area contributed by atoms with Gasteiger partial charge in [-0.15, -0.1) is 0 Å². The van der Waals surface area contributed by atoms with Crippen molar-refractivity contribution in [2.45, 2.75) is 31.3 Å². The molecule has 4 rings (SSSR count). The molecule has 21 heavy (non-hydrogen) atoms. The summed E-state index contributed by atoms with van der Waals surface area (Å²) in [7, 11) is 2.17. The molecule has 3 aliphatic rings. The minimum atomic E-state index is 0.159. The molecule has 0 aromatic heterocycles. The Morgan fingerprint density at radius 1 is 1.24 bits per heavy atom. The highest BCUT2D eigenvalue weighted by Crippen LogP contribution is 2.34. The summed E-state index contributed by atoms with van der Waals surface area (Å²) in [4.78, 5) is 15.4. The first-order valence-electron chi connectivity index (χ1n) is 7.86. The Hall–Kier alpha value is -1.45. The normalized spacial score (nSPS) is 31.2. The van der Waals surface area contributed by atoms with Crippen molar-refractivity contribution in [2.75, 3.05) is 20.3 Å². The lowest BCUT2D eigenvalue weighted by molar-refractivity contribution is -0.0702. The predicted octanol–water partition coefficient (Wildman–Crippen LogP) is 2.55. The van der Waals surface area contributed by atoms with E-state index in [2.05, 4.69) is 30.2 Å². The Labute approximate surface area is 125 Å². The molecule has 0 spiro atoms. The minimum Gasteiger partial charge on any atom is -0.378 e. The second-order valence-electron chi connectivity index (χ2n) is 6.52. The van der Waals surface area contributed by atoms with E-state index in [4.69, 9.17) is 4.74 Å². The fourth-order valence-corrected chi connectivity index (χ4v) is 4.05. The quantitative estimate of drug-likeness (QED) is 0.781. The molecule has 110 valence electrons. The number of carbonyl (C=O) groups is 1. The number of morpholine rings is 1. The standard InChI is InChI=1S/C18H21NO2/c1-19-14-8-13(9-15(19)11-21-10-14)18(20)17-7-3-5-12-4-2-6-16(12)17/h2-5,7,13-15H,6,8-11H2,1H3. The third-order valence-electron chi connectivity index (χ3n) is 5.35. The number of Topliss-reactive ketones (excluding diaryl/α,β-unsaturated/α-hetero) is 1. The average Bonchev–Trinajstić information content (AvgIpc) is 2.94. The van der Waals surface area contributed by atoms with Gasteiger partial charge in [0.25, 0.3) is 0 Å². The Balaban J connectivity index is 1.60. The van der Waals surface area contributed by atoms with Crippen LogP contribution in [0.2, 0.25) is 0 Å². The van der Waals surface area contributed by atoms with Gasteiger partial charge in [-0.25, -0.2) is 0 Å². The van der Waals surface area contributed by atoms with Crippen LogP contribution in [0.25, 0.3) is 6.08 Å². The molecular weight excluding hydrogens is 262 g/mol. The van der Waals surface area contributed by atoms with Crippen molar-refractivity contribution in [3.05, 3.63) is 41.0 Å². The molecule has 0 N–H and O–H groups in total. The number of carbonyl (C=O) groups excluding carboxylic acids is 1. The maximum atomic E-state index is 13.0. The summed E-state index contributed by atoms with van der Waals surface area (Å²) in [5, 5.41) is 0. The molecular formula is C18H21NO2. The fraction of sp³-hybridized carbons (Fsp3) is 0.500. The van der Waals surface area contributed by atoms with Gasteiger partial charge in [-0.05, 0) is 37.4 Å². The number of piperidine rings is 1. The first-order valence-corrected chi connectivity index (χ1v) is 7.86. The van der Waals surface area contributed by atoms with E-state index in [1.54, 1.807) is 0 Å². The van der Waals surface area contributed by atoms with Gasteiger partial charge in [0.1, 0.15) is 0 Å². The molecule has 3 nitrogen and oxygen atoms in total. The highest BCUT2D eigenvalue weighted by atomic mass is 16.5. The first kappa shape index (κ1) is 13.2. The van der Waals surface area contributed by atoms with E-state index in [1.807, 2.05) is 12.1 Å². The van der Waals surface area contributed by atoms with Crippen LogP contribution in [0.15, 0.2) is 24.3 Å². The topological polar surface area (TPSA) is 29.5 Å². The zero-order valence-electron chi connectivity index (χ0n) is 12.4. The number of rotatable bonds is 2. The number of benzene rings is 1. The summed E-state index contributed by atoms with van der Waals surface area (Å²) < 4.78 is 5.65. The van der Waals surface area contributed by atoms with Crippen molar-refractivity contribution in [2.24, 2.45) is 5.92 Å². The smallest absolute Gasteiger partial charge is 0.166 e. The number of ketones is 1. The summed E-state index contributed by atoms with van der Waals surface area (Å²) in [6.45, 7) is 1.54. The Morgan fingerprint density at radius 3 is 2.76 bits per heavy atom. The van der Waals surface area contributed by atoms with Crippen LogP contribution < -0.4 is 0 Å². The second kappa shape index (κ2) is 5.08. The Kier molecular flexibility index (Phi) is 3.20. The first-order chi connectivity index (χ1) is 10.2. The van der Waals surface area contributed by atoms with Gasteiger partial charge in [-0.2, -0.15) is 0 Å². The molecule has 2 heterocycles. The van der Waals surface area contributed by atoms with E-state index >= 15 is 0 Å². The van der Waals surface area contributed by atoms with Crippen LogP contribution in [0.3, 0.4) is 0 Å². The fourth-order valence-electron chi connectivity index (χ4n) is 4.05. The van der Waals surface area contributed by atoms with E-state index in [0.29, 0.717) is 17.9 Å². The van der Waals surface area contributed by atoms with Crippen LogP contribution in [0.5, 0.6) is 0 Å². The van der Waals surface area contributed by atoms with Crippen LogP contribution in [-0.4, -0.2) is 43.0 Å². The lowest BCUT2D eigenvalue weighted by Gasteiger charge is -2.46. The van der Waals surface area contributed by atoms with E-state index in [-0.39, 0.29) is 5.92 Å². The van der Waals surface area contributed by atoms with E-state index in [1.165, 1.54) is 11.1 Å². The minimum absolute atomic E-state index is 0.159. The molecule has 2 saturated heterocycles. The van der Waals surface area contributed by atoms with Crippen molar-refractivity contribution in [3.8, 4) is 0 Å². The van der Waals surface area contributed by atoms with Gasteiger partial charge in [0.05, 0.1) is 13.2 Å². The summed E-state index contributed by atoms with van der Waals surface area (Å²) in [6.07, 6.45) is 7.05. The molecule has 1 aromatic rings. The van der Waals surface area contributed by atoms with Crippen LogP contribution in [-0.2, 0) is 11.2 Å². The zero-order valence-corrected chi connectivity index (χ0v) is 12.4. The van der Waals surface area contributed by atoms with Crippen molar-refractivity contribution in [1.29, 1.82) is 0 Å². The van der Waals surface area contributed by atoms with Gasteiger partial charge < -0.3 is 4.74 Å². The number of likely N-dealkylation sites (N-methyl/N-ethyl adjacent to an activating group) is 1. The van der Waals surface area contributed by atoms with Gasteiger partial charge in [0.15, 0.2) is 5.78 Å². The molecule has 0 saturated carbocycles. The highest BCUT2D eigenvalue weighted by molar-refractivity contribution is 6.00. The highest BCUT2D eigenvalue weighted by Gasteiger charge is 2.40. The summed E-state index contributed by atoms with van der Waals surface area (Å²) in [6, 6.07) is 6.94. The van der Waals surface area contributed by atoms with Gasteiger partial charge >= 0.3 is 0 Å². The monoisotopic (exact) mass is 283 g/mol. The maximum Gasteiger partial charge on any atom is 0.166 e. The van der Waals surface area contributed by atoms with Gasteiger partial charge in [0, 0.05) is 23.6 Å². The Bertz CT molecular complexity index is 593. The zero-order chi connectivity index (χ0) is 14.4. The van der Waals surface area contributed by atoms with Crippen molar-refractivity contribution in [1.82, 2.24) is 4.90 Å². The second-order valence-corrected chi connectivity index (χ2v) is 6.52. The molecule has 0 amide bonds. The van der Waals surface area contributed by atoms with Crippen LogP contribution in [0.1, 0.15) is 34.3 Å². The molecule has 1 aliphatic carbocycles. The summed E-state index contributed by atoms with van der Waals surface area (Å²) >= 11 is 0. The molecule has 2 atom stereocenters. The molecule has 3 heteroatoms. The summed E-state index contributed by atoms with van der Waals surface area (Å²) in [5.41, 5.74) is 3.39. The largest absolute Gasteiger partial charge is 0.378 e. The van der Waals surface area contributed by atoms with Gasteiger partial charge in [0.2, 0.25) is 0 Å². The van der Waals surface area contributed by atoms with E-state index < -0.39 is 0 Å². The average molecular weight is 283 g/mol.